The van der Waals surface area contributed by atoms with Gasteiger partial charge in [0.05, 0.1) is 18.6 Å². The average Bonchev–Trinajstić information content (AvgIpc) is 2.47. The van der Waals surface area contributed by atoms with Crippen molar-refractivity contribution in [3.63, 3.8) is 0 Å². The number of nitrogens with one attached hydrogen (secondary N) is 1. The van der Waals surface area contributed by atoms with Crippen molar-refractivity contribution in [3.05, 3.63) is 11.6 Å². The fraction of sp³-hybridized carbons (Fsp3) is 0.667. The van der Waals surface area contributed by atoms with E-state index in [9.17, 15) is 9.90 Å². The van der Waals surface area contributed by atoms with Gasteiger partial charge in [0.15, 0.2) is 0 Å². The molecular weight excluding hydrogens is 190 g/mol. The summed E-state index contributed by atoms with van der Waals surface area (Å²) in [5.41, 5.74) is 0. The Morgan fingerprint density at radius 3 is 2.77 bits per heavy atom. The highest BCUT2D eigenvalue weighted by atomic mass is 35.5. The molecule has 0 heterocycles. The Balaban J connectivity index is 2.34. The number of amides is 1. The van der Waals surface area contributed by atoms with E-state index in [1.165, 1.54) is 0 Å². The van der Waals surface area contributed by atoms with Gasteiger partial charge in [-0.3, -0.25) is 4.79 Å². The summed E-state index contributed by atoms with van der Waals surface area (Å²) in [6, 6.07) is 0. The van der Waals surface area contributed by atoms with Crippen molar-refractivity contribution in [1.29, 1.82) is 0 Å². The average molecular weight is 204 g/mol. The number of hydrogen-bond acceptors (Lipinski definition) is 2. The molecule has 1 aliphatic carbocycles. The molecule has 0 aromatic carbocycles. The molecule has 1 aliphatic rings. The Hall–Kier alpha value is -0.540. The van der Waals surface area contributed by atoms with Crippen LogP contribution in [0.1, 0.15) is 19.3 Å². The third-order valence-electron chi connectivity index (χ3n) is 2.27. The normalized spacial score (nSPS) is 27.2. The molecule has 13 heavy (non-hydrogen) atoms. The van der Waals surface area contributed by atoms with Crippen LogP contribution in [0.2, 0.25) is 0 Å². The Morgan fingerprint density at radius 2 is 2.31 bits per heavy atom. The van der Waals surface area contributed by atoms with Gasteiger partial charge in [-0.15, -0.1) is 0 Å². The van der Waals surface area contributed by atoms with E-state index in [1.54, 1.807) is 0 Å². The number of carbonyl (C=O) groups excluding carboxylic acids is 1. The van der Waals surface area contributed by atoms with Crippen LogP contribution in [0.15, 0.2) is 11.6 Å². The molecule has 1 saturated carbocycles. The molecule has 0 bridgehead atoms. The molecule has 0 aromatic rings. The molecule has 3 nitrogen and oxygen atoms in total. The van der Waals surface area contributed by atoms with Crippen molar-refractivity contribution in [2.45, 2.75) is 25.4 Å². The van der Waals surface area contributed by atoms with Crippen molar-refractivity contribution in [1.82, 2.24) is 5.32 Å². The van der Waals surface area contributed by atoms with Gasteiger partial charge < -0.3 is 10.4 Å². The minimum absolute atomic E-state index is 0.119. The van der Waals surface area contributed by atoms with Crippen LogP contribution in [0, 0.1) is 5.92 Å². The quantitative estimate of drug-likeness (QED) is 0.720. The minimum Gasteiger partial charge on any atom is -0.392 e. The topological polar surface area (TPSA) is 49.3 Å². The molecule has 1 amide bonds. The van der Waals surface area contributed by atoms with Gasteiger partial charge in [0.2, 0.25) is 5.91 Å². The number of rotatable bonds is 3. The van der Waals surface area contributed by atoms with Crippen molar-refractivity contribution in [3.8, 4) is 0 Å². The SMILES string of the molecule is C=C(Cl)CNC(=O)C1CCCC1O. The molecule has 0 saturated heterocycles. The first-order valence-corrected chi connectivity index (χ1v) is 4.78. The largest absolute Gasteiger partial charge is 0.392 e. The lowest BCUT2D eigenvalue weighted by Gasteiger charge is -2.13. The monoisotopic (exact) mass is 203 g/mol. The lowest BCUT2D eigenvalue weighted by Crippen LogP contribution is -2.35. The number of hydrogen-bond donors (Lipinski definition) is 2. The molecule has 0 spiro atoms. The summed E-state index contributed by atoms with van der Waals surface area (Å²) >= 11 is 5.49. The summed E-state index contributed by atoms with van der Waals surface area (Å²) in [7, 11) is 0. The Kier molecular flexibility index (Phi) is 3.75. The molecule has 0 radical (unpaired) electrons. The predicted octanol–water partition coefficient (Wildman–Crippen LogP) is 1.02. The van der Waals surface area contributed by atoms with E-state index in [0.717, 1.165) is 19.3 Å². The summed E-state index contributed by atoms with van der Waals surface area (Å²) in [4.78, 5) is 11.4. The molecule has 0 aliphatic heterocycles. The third kappa shape index (κ3) is 3.01. The molecule has 1 rings (SSSR count). The van der Waals surface area contributed by atoms with Crippen LogP contribution in [0.25, 0.3) is 0 Å². The first kappa shape index (κ1) is 10.5. The van der Waals surface area contributed by atoms with Gasteiger partial charge in [-0.05, 0) is 19.3 Å². The van der Waals surface area contributed by atoms with Crippen molar-refractivity contribution in [2.24, 2.45) is 5.92 Å². The molecular formula is C9H14ClNO2. The highest BCUT2D eigenvalue weighted by molar-refractivity contribution is 6.29. The lowest BCUT2D eigenvalue weighted by molar-refractivity contribution is -0.127. The standard InChI is InChI=1S/C9H14ClNO2/c1-6(10)5-11-9(13)7-3-2-4-8(7)12/h7-8,12H,1-5H2,(H,11,13). The summed E-state index contributed by atoms with van der Waals surface area (Å²) in [5.74, 6) is -0.372. The summed E-state index contributed by atoms with van der Waals surface area (Å²) in [6.07, 6.45) is 1.92. The van der Waals surface area contributed by atoms with Crippen LogP contribution < -0.4 is 5.32 Å². The Labute approximate surface area is 82.8 Å². The molecule has 2 atom stereocenters. The third-order valence-corrected chi connectivity index (χ3v) is 2.40. The summed E-state index contributed by atoms with van der Waals surface area (Å²) < 4.78 is 0. The van der Waals surface area contributed by atoms with E-state index in [-0.39, 0.29) is 18.4 Å². The Bertz CT molecular complexity index is 218. The van der Waals surface area contributed by atoms with Gasteiger partial charge in [0.25, 0.3) is 0 Å². The van der Waals surface area contributed by atoms with Crippen LogP contribution in [0.4, 0.5) is 0 Å². The molecule has 74 valence electrons. The second-order valence-electron chi connectivity index (χ2n) is 3.34. The first-order chi connectivity index (χ1) is 6.11. The van der Waals surface area contributed by atoms with Crippen molar-refractivity contribution < 1.29 is 9.90 Å². The molecule has 2 unspecified atom stereocenters. The van der Waals surface area contributed by atoms with Crippen molar-refractivity contribution >= 4 is 17.5 Å². The van der Waals surface area contributed by atoms with E-state index in [2.05, 4.69) is 11.9 Å². The zero-order valence-corrected chi connectivity index (χ0v) is 8.18. The molecule has 1 fully saturated rings. The van der Waals surface area contributed by atoms with Gasteiger partial charge in [-0.2, -0.15) is 0 Å². The van der Waals surface area contributed by atoms with E-state index >= 15 is 0 Å². The maximum atomic E-state index is 11.4. The van der Waals surface area contributed by atoms with Crippen molar-refractivity contribution in [2.75, 3.05) is 6.54 Å². The molecule has 4 heteroatoms. The highest BCUT2D eigenvalue weighted by Gasteiger charge is 2.30. The number of carbonyl (C=O) groups is 1. The second kappa shape index (κ2) is 4.63. The Morgan fingerprint density at radius 1 is 1.62 bits per heavy atom. The summed E-state index contributed by atoms with van der Waals surface area (Å²) in [5, 5.41) is 12.4. The maximum Gasteiger partial charge on any atom is 0.226 e. The highest BCUT2D eigenvalue weighted by Crippen LogP contribution is 2.25. The fourth-order valence-electron chi connectivity index (χ4n) is 1.56. The van der Waals surface area contributed by atoms with Crippen LogP contribution in [0.5, 0.6) is 0 Å². The van der Waals surface area contributed by atoms with Crippen LogP contribution in [-0.2, 0) is 4.79 Å². The van der Waals surface area contributed by atoms with E-state index in [0.29, 0.717) is 5.03 Å². The minimum atomic E-state index is -0.483. The smallest absolute Gasteiger partial charge is 0.226 e. The lowest BCUT2D eigenvalue weighted by atomic mass is 10.1. The number of aliphatic hydroxyl groups excluding tert-OH is 1. The molecule has 0 aromatic heterocycles. The van der Waals surface area contributed by atoms with Gasteiger partial charge >= 0.3 is 0 Å². The fourth-order valence-corrected chi connectivity index (χ4v) is 1.63. The van der Waals surface area contributed by atoms with Crippen LogP contribution >= 0.6 is 11.6 Å². The second-order valence-corrected chi connectivity index (χ2v) is 3.87. The van der Waals surface area contributed by atoms with E-state index in [1.807, 2.05) is 0 Å². The zero-order valence-electron chi connectivity index (χ0n) is 7.42. The van der Waals surface area contributed by atoms with Gasteiger partial charge in [-0.25, -0.2) is 0 Å². The zero-order chi connectivity index (χ0) is 9.84. The van der Waals surface area contributed by atoms with Gasteiger partial charge in [0, 0.05) is 5.03 Å². The van der Waals surface area contributed by atoms with E-state index in [4.69, 9.17) is 11.6 Å². The van der Waals surface area contributed by atoms with Gasteiger partial charge in [0.1, 0.15) is 0 Å². The summed E-state index contributed by atoms with van der Waals surface area (Å²) in [6.45, 7) is 3.74. The number of halogens is 1. The van der Waals surface area contributed by atoms with Crippen LogP contribution in [-0.4, -0.2) is 23.7 Å². The first-order valence-electron chi connectivity index (χ1n) is 4.40. The van der Waals surface area contributed by atoms with E-state index < -0.39 is 6.10 Å². The predicted molar refractivity (Wildman–Crippen MR) is 51.4 cm³/mol. The molecule has 2 N–H and O–H groups in total. The number of aliphatic hydroxyl groups is 1. The maximum absolute atomic E-state index is 11.4. The van der Waals surface area contributed by atoms with Gasteiger partial charge in [-0.1, -0.05) is 18.2 Å². The van der Waals surface area contributed by atoms with Crippen LogP contribution in [0.3, 0.4) is 0 Å².